The van der Waals surface area contributed by atoms with Crippen LogP contribution in [-0.2, 0) is 0 Å². The van der Waals surface area contributed by atoms with Gasteiger partial charge in [0.2, 0.25) is 0 Å². The Morgan fingerprint density at radius 2 is 2.18 bits per heavy atom. The SMILES string of the molecule is O=C1NCCN2c3c1cc(Br)cc3[C@@H]1CN(C(=O)O)CC[C@@H]12. The van der Waals surface area contributed by atoms with Crippen molar-refractivity contribution in [2.75, 3.05) is 31.1 Å². The lowest BCUT2D eigenvalue weighted by atomic mass is 9.88. The number of hydrogen-bond acceptors (Lipinski definition) is 3. The molecular formula is C15H16BrN3O3. The number of benzene rings is 1. The molecule has 2 N–H and O–H groups in total. The van der Waals surface area contributed by atoms with Crippen LogP contribution < -0.4 is 10.2 Å². The largest absolute Gasteiger partial charge is 0.465 e. The molecular weight excluding hydrogens is 350 g/mol. The van der Waals surface area contributed by atoms with Crippen LogP contribution in [0.3, 0.4) is 0 Å². The molecule has 0 spiro atoms. The molecule has 0 aliphatic carbocycles. The van der Waals surface area contributed by atoms with Crippen LogP contribution in [0.4, 0.5) is 10.5 Å². The van der Waals surface area contributed by atoms with Crippen molar-refractivity contribution in [2.45, 2.75) is 18.4 Å². The zero-order valence-corrected chi connectivity index (χ0v) is 13.5. The van der Waals surface area contributed by atoms with Gasteiger partial charge in [-0.2, -0.15) is 0 Å². The summed E-state index contributed by atoms with van der Waals surface area (Å²) in [7, 11) is 0. The summed E-state index contributed by atoms with van der Waals surface area (Å²) >= 11 is 3.49. The van der Waals surface area contributed by atoms with Gasteiger partial charge in [0.25, 0.3) is 5.91 Å². The van der Waals surface area contributed by atoms with Gasteiger partial charge in [0.1, 0.15) is 0 Å². The number of carbonyl (C=O) groups is 2. The highest BCUT2D eigenvalue weighted by Gasteiger charge is 2.45. The monoisotopic (exact) mass is 365 g/mol. The lowest BCUT2D eigenvalue weighted by Gasteiger charge is -2.37. The van der Waals surface area contributed by atoms with E-state index in [1.165, 1.54) is 4.90 Å². The molecule has 22 heavy (non-hydrogen) atoms. The topological polar surface area (TPSA) is 72.9 Å². The predicted octanol–water partition coefficient (Wildman–Crippen LogP) is 1.85. The summed E-state index contributed by atoms with van der Waals surface area (Å²) in [6.45, 7) is 2.46. The van der Waals surface area contributed by atoms with Crippen molar-refractivity contribution in [3.8, 4) is 0 Å². The Kier molecular flexibility index (Phi) is 3.07. The number of halogens is 1. The zero-order valence-electron chi connectivity index (χ0n) is 11.9. The van der Waals surface area contributed by atoms with Crippen LogP contribution in [0.5, 0.6) is 0 Å². The van der Waals surface area contributed by atoms with E-state index in [0.29, 0.717) is 25.2 Å². The van der Waals surface area contributed by atoms with Gasteiger partial charge in [0.15, 0.2) is 0 Å². The van der Waals surface area contributed by atoms with Gasteiger partial charge >= 0.3 is 6.09 Å². The highest BCUT2D eigenvalue weighted by molar-refractivity contribution is 9.10. The van der Waals surface area contributed by atoms with E-state index in [1.54, 1.807) is 0 Å². The second-order valence-electron chi connectivity index (χ2n) is 6.03. The Morgan fingerprint density at radius 1 is 1.36 bits per heavy atom. The summed E-state index contributed by atoms with van der Waals surface area (Å²) in [5.41, 5.74) is 2.79. The Hall–Kier alpha value is -1.76. The summed E-state index contributed by atoms with van der Waals surface area (Å²) in [5.74, 6) is 0.0933. The van der Waals surface area contributed by atoms with Crippen LogP contribution in [0.15, 0.2) is 16.6 Å². The first-order valence-corrected chi connectivity index (χ1v) is 8.21. The minimum atomic E-state index is -0.862. The number of carbonyl (C=O) groups excluding carboxylic acids is 1. The summed E-state index contributed by atoms with van der Waals surface area (Å²) in [6, 6.07) is 4.19. The molecule has 0 radical (unpaired) electrons. The fourth-order valence-corrected chi connectivity index (χ4v) is 4.49. The molecule has 3 heterocycles. The first kappa shape index (κ1) is 13.9. The van der Waals surface area contributed by atoms with Crippen molar-refractivity contribution in [1.82, 2.24) is 10.2 Å². The van der Waals surface area contributed by atoms with E-state index in [0.717, 1.165) is 28.7 Å². The first-order chi connectivity index (χ1) is 10.6. The lowest BCUT2D eigenvalue weighted by Crippen LogP contribution is -2.48. The van der Waals surface area contributed by atoms with Gasteiger partial charge in [-0.05, 0) is 24.1 Å². The molecule has 0 aromatic heterocycles. The van der Waals surface area contributed by atoms with Gasteiger partial charge in [-0.15, -0.1) is 0 Å². The maximum absolute atomic E-state index is 12.3. The van der Waals surface area contributed by atoms with E-state index >= 15 is 0 Å². The van der Waals surface area contributed by atoms with Crippen LogP contribution >= 0.6 is 15.9 Å². The van der Waals surface area contributed by atoms with E-state index in [9.17, 15) is 14.7 Å². The van der Waals surface area contributed by atoms with Gasteiger partial charge < -0.3 is 20.2 Å². The summed E-state index contributed by atoms with van der Waals surface area (Å²) in [5, 5.41) is 12.2. The highest BCUT2D eigenvalue weighted by Crippen LogP contribution is 2.47. The maximum atomic E-state index is 12.3. The number of nitrogens with zero attached hydrogens (tertiary/aromatic N) is 2. The number of anilines is 1. The summed E-state index contributed by atoms with van der Waals surface area (Å²) in [6.07, 6.45) is -0.0600. The smallest absolute Gasteiger partial charge is 0.407 e. The minimum Gasteiger partial charge on any atom is -0.465 e. The molecule has 0 bridgehead atoms. The molecule has 4 rings (SSSR count). The van der Waals surface area contributed by atoms with E-state index < -0.39 is 6.09 Å². The summed E-state index contributed by atoms with van der Waals surface area (Å²) < 4.78 is 0.867. The average Bonchev–Trinajstić information content (AvgIpc) is 2.69. The molecule has 1 aromatic rings. The van der Waals surface area contributed by atoms with Crippen LogP contribution in [0, 0.1) is 0 Å². The Balaban J connectivity index is 1.84. The second kappa shape index (κ2) is 4.87. The fraction of sp³-hybridized carbons (Fsp3) is 0.467. The molecule has 2 amide bonds. The predicted molar refractivity (Wildman–Crippen MR) is 84.6 cm³/mol. The Labute approximate surface area is 136 Å². The van der Waals surface area contributed by atoms with Crippen molar-refractivity contribution in [3.05, 3.63) is 27.7 Å². The fourth-order valence-electron chi connectivity index (χ4n) is 4.02. The second-order valence-corrected chi connectivity index (χ2v) is 6.95. The van der Waals surface area contributed by atoms with Gasteiger partial charge in [0, 0.05) is 42.6 Å². The van der Waals surface area contributed by atoms with Gasteiger partial charge in [-0.25, -0.2) is 4.79 Å². The molecule has 1 fully saturated rings. The molecule has 2 atom stereocenters. The number of amides is 2. The van der Waals surface area contributed by atoms with Crippen molar-refractivity contribution >= 4 is 33.6 Å². The number of hydrogen-bond donors (Lipinski definition) is 2. The quantitative estimate of drug-likeness (QED) is 0.735. The summed E-state index contributed by atoms with van der Waals surface area (Å²) in [4.78, 5) is 27.4. The molecule has 3 aliphatic rings. The Bertz CT molecular complexity index is 678. The molecule has 116 valence electrons. The molecule has 1 saturated heterocycles. The number of likely N-dealkylation sites (tertiary alicyclic amines) is 1. The third kappa shape index (κ3) is 1.91. The van der Waals surface area contributed by atoms with Gasteiger partial charge in [-0.3, -0.25) is 4.79 Å². The van der Waals surface area contributed by atoms with Crippen LogP contribution in [0.1, 0.15) is 28.3 Å². The zero-order chi connectivity index (χ0) is 15.4. The van der Waals surface area contributed by atoms with Crippen molar-refractivity contribution in [2.24, 2.45) is 0 Å². The number of nitrogens with one attached hydrogen (secondary N) is 1. The molecule has 0 unspecified atom stereocenters. The van der Waals surface area contributed by atoms with E-state index in [-0.39, 0.29) is 17.9 Å². The van der Waals surface area contributed by atoms with Gasteiger partial charge in [-0.1, -0.05) is 15.9 Å². The van der Waals surface area contributed by atoms with E-state index in [1.807, 2.05) is 12.1 Å². The number of piperidine rings is 1. The molecule has 0 saturated carbocycles. The third-order valence-electron chi connectivity index (χ3n) is 4.92. The maximum Gasteiger partial charge on any atom is 0.407 e. The Morgan fingerprint density at radius 3 is 2.95 bits per heavy atom. The molecule has 6 nitrogen and oxygen atoms in total. The van der Waals surface area contributed by atoms with Crippen molar-refractivity contribution in [3.63, 3.8) is 0 Å². The van der Waals surface area contributed by atoms with Crippen molar-refractivity contribution in [1.29, 1.82) is 0 Å². The number of fused-ring (bicyclic) bond motifs is 3. The molecule has 1 aromatic carbocycles. The number of rotatable bonds is 0. The average molecular weight is 366 g/mol. The van der Waals surface area contributed by atoms with Crippen LogP contribution in [-0.4, -0.2) is 54.2 Å². The van der Waals surface area contributed by atoms with Crippen LogP contribution in [0.2, 0.25) is 0 Å². The van der Waals surface area contributed by atoms with Crippen LogP contribution in [0.25, 0.3) is 0 Å². The highest BCUT2D eigenvalue weighted by atomic mass is 79.9. The molecule has 3 aliphatic heterocycles. The van der Waals surface area contributed by atoms with Gasteiger partial charge in [0.05, 0.1) is 11.3 Å². The minimum absolute atomic E-state index is 0.0474. The lowest BCUT2D eigenvalue weighted by molar-refractivity contribution is 0.0956. The first-order valence-electron chi connectivity index (χ1n) is 7.42. The third-order valence-corrected chi connectivity index (χ3v) is 5.38. The van der Waals surface area contributed by atoms with E-state index in [2.05, 4.69) is 26.1 Å². The molecule has 7 heteroatoms. The standard InChI is InChI=1S/C15H16BrN3O3/c16-8-5-9-11-7-18(15(21)22)3-1-12(11)19-4-2-17-14(20)10(6-8)13(9)19/h5-6,11-12H,1-4,7H2,(H,17,20)(H,21,22)/t11-,12-/m0/s1. The van der Waals surface area contributed by atoms with E-state index in [4.69, 9.17) is 0 Å². The number of carboxylic acid groups (broad SMARTS) is 1. The normalized spacial score (nSPS) is 26.1. The van der Waals surface area contributed by atoms with Crippen molar-refractivity contribution < 1.29 is 14.7 Å².